The van der Waals surface area contributed by atoms with E-state index in [0.717, 1.165) is 6.07 Å². The normalized spacial score (nSPS) is 16.1. The van der Waals surface area contributed by atoms with Gasteiger partial charge in [0, 0.05) is 6.07 Å². The van der Waals surface area contributed by atoms with Crippen molar-refractivity contribution in [3.63, 3.8) is 0 Å². The third-order valence-electron chi connectivity index (χ3n) is 3.23. The van der Waals surface area contributed by atoms with E-state index in [4.69, 9.17) is 5.11 Å². The predicted molar refractivity (Wildman–Crippen MR) is 70.4 cm³/mol. The van der Waals surface area contributed by atoms with Gasteiger partial charge in [0.05, 0.1) is 10.2 Å². The monoisotopic (exact) mass is 348 g/mol. The Bertz CT molecular complexity index is 576. The molecule has 0 spiro atoms. The summed E-state index contributed by atoms with van der Waals surface area (Å²) in [5, 5.41) is 13.5. The molecule has 0 heterocycles. The van der Waals surface area contributed by atoms with Crippen LogP contribution in [0.2, 0.25) is 0 Å². The van der Waals surface area contributed by atoms with E-state index in [-0.39, 0.29) is 10.2 Å². The van der Waals surface area contributed by atoms with Crippen molar-refractivity contribution in [1.82, 2.24) is 5.32 Å². The minimum absolute atomic E-state index is 0.00853. The van der Waals surface area contributed by atoms with Crippen LogP contribution in [-0.4, -0.2) is 22.6 Å². The molecule has 1 aliphatic rings. The Morgan fingerprint density at radius 1 is 1.25 bits per heavy atom. The zero-order chi connectivity index (χ0) is 14.9. The lowest BCUT2D eigenvalue weighted by Crippen LogP contribution is -2.60. The number of hydrogen-bond acceptors (Lipinski definition) is 2. The quantitative estimate of drug-likeness (QED) is 0.735. The Balaban J connectivity index is 2.09. The van der Waals surface area contributed by atoms with Crippen molar-refractivity contribution in [3.8, 4) is 0 Å². The van der Waals surface area contributed by atoms with Crippen molar-refractivity contribution < 1.29 is 23.5 Å². The highest BCUT2D eigenvalue weighted by Crippen LogP contribution is 2.32. The number of nitrogens with one attached hydrogen (secondary N) is 2. The SMILES string of the molecule is O=C(Nc1cc(Br)c(F)cc1F)NC1(C(=O)O)CCC1. The van der Waals surface area contributed by atoms with Gasteiger partial charge in [-0.05, 0) is 41.3 Å². The Morgan fingerprint density at radius 3 is 2.40 bits per heavy atom. The summed E-state index contributed by atoms with van der Waals surface area (Å²) in [6.45, 7) is 0. The summed E-state index contributed by atoms with van der Waals surface area (Å²) >= 11 is 2.87. The van der Waals surface area contributed by atoms with Crippen molar-refractivity contribution >= 4 is 33.6 Å². The number of urea groups is 1. The van der Waals surface area contributed by atoms with Crippen LogP contribution in [0.1, 0.15) is 19.3 Å². The van der Waals surface area contributed by atoms with Crippen LogP contribution in [0, 0.1) is 11.6 Å². The van der Waals surface area contributed by atoms with Crippen molar-refractivity contribution in [2.45, 2.75) is 24.8 Å². The molecule has 0 aliphatic heterocycles. The molecule has 20 heavy (non-hydrogen) atoms. The number of carboxylic acids is 1. The number of rotatable bonds is 3. The minimum Gasteiger partial charge on any atom is -0.480 e. The van der Waals surface area contributed by atoms with Gasteiger partial charge in [-0.15, -0.1) is 0 Å². The Morgan fingerprint density at radius 2 is 1.90 bits per heavy atom. The van der Waals surface area contributed by atoms with Gasteiger partial charge in [-0.1, -0.05) is 0 Å². The van der Waals surface area contributed by atoms with Gasteiger partial charge in [0.25, 0.3) is 0 Å². The van der Waals surface area contributed by atoms with Gasteiger partial charge in [-0.3, -0.25) is 0 Å². The predicted octanol–water partition coefficient (Wildman–Crippen LogP) is 2.86. The van der Waals surface area contributed by atoms with Crippen LogP contribution in [0.15, 0.2) is 16.6 Å². The van der Waals surface area contributed by atoms with Crippen LogP contribution in [-0.2, 0) is 4.79 Å². The molecule has 2 amide bonds. The summed E-state index contributed by atoms with van der Waals surface area (Å²) in [6.07, 6.45) is 1.35. The number of anilines is 1. The molecule has 1 aromatic rings. The lowest BCUT2D eigenvalue weighted by atomic mass is 9.77. The van der Waals surface area contributed by atoms with E-state index in [1.807, 2.05) is 0 Å². The van der Waals surface area contributed by atoms with E-state index in [1.54, 1.807) is 0 Å². The molecule has 5 nitrogen and oxygen atoms in total. The molecule has 8 heteroatoms. The first-order valence-electron chi connectivity index (χ1n) is 5.81. The number of carbonyl (C=O) groups is 2. The molecule has 3 N–H and O–H groups in total. The fraction of sp³-hybridized carbons (Fsp3) is 0.333. The third-order valence-corrected chi connectivity index (χ3v) is 3.84. The summed E-state index contributed by atoms with van der Waals surface area (Å²) in [6, 6.07) is 0.846. The van der Waals surface area contributed by atoms with Gasteiger partial charge in [0.15, 0.2) is 0 Å². The topological polar surface area (TPSA) is 78.4 Å². The van der Waals surface area contributed by atoms with Gasteiger partial charge in [0.1, 0.15) is 17.2 Å². The number of carbonyl (C=O) groups excluding carboxylic acids is 1. The molecular weight excluding hydrogens is 338 g/mol. The number of carboxylic acid groups (broad SMARTS) is 1. The first-order chi connectivity index (χ1) is 9.34. The zero-order valence-electron chi connectivity index (χ0n) is 10.2. The Kier molecular flexibility index (Phi) is 3.94. The molecule has 1 fully saturated rings. The third kappa shape index (κ3) is 2.74. The molecule has 108 valence electrons. The van der Waals surface area contributed by atoms with Gasteiger partial charge < -0.3 is 15.7 Å². The largest absolute Gasteiger partial charge is 0.480 e. The van der Waals surface area contributed by atoms with E-state index in [2.05, 4.69) is 26.6 Å². The molecule has 0 unspecified atom stereocenters. The smallest absolute Gasteiger partial charge is 0.329 e. The average molecular weight is 349 g/mol. The van der Waals surface area contributed by atoms with E-state index >= 15 is 0 Å². The minimum atomic E-state index is -1.29. The molecule has 0 aromatic heterocycles. The standard InChI is InChI=1S/C12H11BrF2N2O3/c13-6-4-9(8(15)5-7(6)14)16-11(20)17-12(10(18)19)2-1-3-12/h4-5H,1-3H2,(H,18,19)(H2,16,17,20). The fourth-order valence-corrected chi connectivity index (χ4v) is 2.26. The van der Waals surface area contributed by atoms with E-state index in [1.165, 1.54) is 0 Å². The highest BCUT2D eigenvalue weighted by molar-refractivity contribution is 9.10. The Labute approximate surface area is 121 Å². The molecule has 0 saturated heterocycles. The van der Waals surface area contributed by atoms with Crippen LogP contribution in [0.4, 0.5) is 19.3 Å². The lowest BCUT2D eigenvalue weighted by molar-refractivity contribution is -0.148. The molecule has 2 rings (SSSR count). The molecule has 1 aliphatic carbocycles. The maximum Gasteiger partial charge on any atom is 0.329 e. The second-order valence-corrected chi connectivity index (χ2v) is 5.42. The number of hydrogen-bond donors (Lipinski definition) is 3. The summed E-state index contributed by atoms with van der Waals surface area (Å²) in [7, 11) is 0. The van der Waals surface area contributed by atoms with Crippen LogP contribution >= 0.6 is 15.9 Å². The molecule has 0 bridgehead atoms. The highest BCUT2D eigenvalue weighted by Gasteiger charge is 2.45. The summed E-state index contributed by atoms with van der Waals surface area (Å²) < 4.78 is 26.5. The summed E-state index contributed by atoms with van der Waals surface area (Å²) in [5.74, 6) is -2.87. The maximum atomic E-state index is 13.5. The van der Waals surface area contributed by atoms with Crippen LogP contribution < -0.4 is 10.6 Å². The van der Waals surface area contributed by atoms with Crippen LogP contribution in [0.25, 0.3) is 0 Å². The number of amides is 2. The van der Waals surface area contributed by atoms with Crippen LogP contribution in [0.5, 0.6) is 0 Å². The molecule has 1 aromatic carbocycles. The molecule has 1 saturated carbocycles. The average Bonchev–Trinajstić information content (AvgIpc) is 2.30. The second-order valence-electron chi connectivity index (χ2n) is 4.57. The van der Waals surface area contributed by atoms with Crippen molar-refractivity contribution in [3.05, 3.63) is 28.2 Å². The van der Waals surface area contributed by atoms with E-state index in [0.29, 0.717) is 25.3 Å². The fourth-order valence-electron chi connectivity index (χ4n) is 1.91. The van der Waals surface area contributed by atoms with Gasteiger partial charge in [0.2, 0.25) is 0 Å². The highest BCUT2D eigenvalue weighted by atomic mass is 79.9. The van der Waals surface area contributed by atoms with E-state index < -0.39 is 29.2 Å². The van der Waals surface area contributed by atoms with E-state index in [9.17, 15) is 18.4 Å². The van der Waals surface area contributed by atoms with Gasteiger partial charge in [-0.25, -0.2) is 18.4 Å². The second kappa shape index (κ2) is 5.35. The van der Waals surface area contributed by atoms with Crippen LogP contribution in [0.3, 0.4) is 0 Å². The van der Waals surface area contributed by atoms with Crippen molar-refractivity contribution in [2.75, 3.05) is 5.32 Å². The first-order valence-corrected chi connectivity index (χ1v) is 6.60. The number of aliphatic carboxylic acids is 1. The molecule has 0 radical (unpaired) electrons. The number of benzene rings is 1. The summed E-state index contributed by atoms with van der Waals surface area (Å²) in [5.41, 5.74) is -1.53. The lowest BCUT2D eigenvalue weighted by Gasteiger charge is -2.38. The Hall–Kier alpha value is -1.70. The van der Waals surface area contributed by atoms with Gasteiger partial charge >= 0.3 is 12.0 Å². The number of halogens is 3. The maximum absolute atomic E-state index is 13.5. The van der Waals surface area contributed by atoms with Gasteiger partial charge in [-0.2, -0.15) is 0 Å². The summed E-state index contributed by atoms with van der Waals surface area (Å²) in [4.78, 5) is 22.8. The zero-order valence-corrected chi connectivity index (χ0v) is 11.8. The molecular formula is C12H11BrF2N2O3. The van der Waals surface area contributed by atoms with Crippen molar-refractivity contribution in [2.24, 2.45) is 0 Å². The molecule has 0 atom stereocenters. The van der Waals surface area contributed by atoms with Crippen molar-refractivity contribution in [1.29, 1.82) is 0 Å². The first kappa shape index (κ1) is 14.7.